The molecule has 0 fully saturated rings. The average molecular weight is 385 g/mol. The Balaban J connectivity index is 1.57. The predicted molar refractivity (Wildman–Crippen MR) is 98.9 cm³/mol. The summed E-state index contributed by atoms with van der Waals surface area (Å²) in [5.41, 5.74) is 2.66. The number of nitriles is 1. The van der Waals surface area contributed by atoms with E-state index < -0.39 is 6.10 Å². The van der Waals surface area contributed by atoms with E-state index in [0.717, 1.165) is 11.3 Å². The fourth-order valence-electron chi connectivity index (χ4n) is 2.45. The lowest BCUT2D eigenvalue weighted by Crippen LogP contribution is -2.27. The standard InChI is InChI=1S/C18H17ClN6O2/c1-11(26)16-9-17(23-22-16)18(27)21-5-7-25-6-4-15(24-25)12-2-3-13(10-20)14(19)8-12/h2-4,6,8-9,11,26H,5,7H2,1H3,(H,21,27)(H,22,23)/t11-/m0/s1. The SMILES string of the molecule is C[C@H](O)c1cc(C(=O)NCCn2ccc(-c3ccc(C#N)c(Cl)c3)n2)n[nH]1. The largest absolute Gasteiger partial charge is 0.387 e. The summed E-state index contributed by atoms with van der Waals surface area (Å²) in [6.45, 7) is 2.43. The van der Waals surface area contributed by atoms with Gasteiger partial charge >= 0.3 is 0 Å². The van der Waals surface area contributed by atoms with E-state index in [4.69, 9.17) is 16.9 Å². The normalized spacial score (nSPS) is 11.8. The van der Waals surface area contributed by atoms with Crippen molar-refractivity contribution in [2.45, 2.75) is 19.6 Å². The number of carbonyl (C=O) groups is 1. The highest BCUT2D eigenvalue weighted by Gasteiger charge is 2.12. The van der Waals surface area contributed by atoms with E-state index in [1.807, 2.05) is 12.1 Å². The molecule has 0 bridgehead atoms. The lowest BCUT2D eigenvalue weighted by Gasteiger charge is -2.04. The zero-order chi connectivity index (χ0) is 19.4. The van der Waals surface area contributed by atoms with Crippen LogP contribution >= 0.6 is 11.6 Å². The molecule has 27 heavy (non-hydrogen) atoms. The van der Waals surface area contributed by atoms with Crippen LogP contribution in [0.4, 0.5) is 0 Å². The van der Waals surface area contributed by atoms with Crippen molar-refractivity contribution >= 4 is 17.5 Å². The zero-order valence-corrected chi connectivity index (χ0v) is 15.2. The molecule has 0 aliphatic heterocycles. The second kappa shape index (κ2) is 8.03. The maximum atomic E-state index is 12.0. The van der Waals surface area contributed by atoms with Crippen LogP contribution in [0.2, 0.25) is 5.02 Å². The highest BCUT2D eigenvalue weighted by Crippen LogP contribution is 2.24. The van der Waals surface area contributed by atoms with Crippen molar-refractivity contribution in [3.8, 4) is 17.3 Å². The fourth-order valence-corrected chi connectivity index (χ4v) is 2.67. The fraction of sp³-hybridized carbons (Fsp3) is 0.222. The maximum absolute atomic E-state index is 12.0. The number of H-pyrrole nitrogens is 1. The summed E-state index contributed by atoms with van der Waals surface area (Å²) < 4.78 is 1.70. The topological polar surface area (TPSA) is 120 Å². The van der Waals surface area contributed by atoms with Crippen molar-refractivity contribution in [3.05, 3.63) is 58.5 Å². The van der Waals surface area contributed by atoms with Gasteiger partial charge in [-0.2, -0.15) is 15.5 Å². The molecule has 2 heterocycles. The molecule has 3 N–H and O–H groups in total. The second-order valence-corrected chi connectivity index (χ2v) is 6.32. The van der Waals surface area contributed by atoms with Crippen molar-refractivity contribution in [2.24, 2.45) is 0 Å². The summed E-state index contributed by atoms with van der Waals surface area (Å²) in [5, 5.41) is 32.4. The zero-order valence-electron chi connectivity index (χ0n) is 14.5. The smallest absolute Gasteiger partial charge is 0.271 e. The predicted octanol–water partition coefficient (Wildman–Crippen LogP) is 2.28. The summed E-state index contributed by atoms with van der Waals surface area (Å²) in [6.07, 6.45) is 1.09. The molecular formula is C18H17ClN6O2. The third-order valence-corrected chi connectivity index (χ3v) is 4.25. The summed E-state index contributed by atoms with van der Waals surface area (Å²) in [7, 11) is 0. The van der Waals surface area contributed by atoms with Gasteiger partial charge in [-0.05, 0) is 31.2 Å². The van der Waals surface area contributed by atoms with Gasteiger partial charge in [-0.25, -0.2) is 0 Å². The van der Waals surface area contributed by atoms with Crippen molar-refractivity contribution in [1.82, 2.24) is 25.3 Å². The van der Waals surface area contributed by atoms with Crippen molar-refractivity contribution < 1.29 is 9.90 Å². The van der Waals surface area contributed by atoms with E-state index in [1.54, 1.807) is 36.0 Å². The van der Waals surface area contributed by atoms with Crippen LogP contribution in [0.3, 0.4) is 0 Å². The van der Waals surface area contributed by atoms with Gasteiger partial charge in [-0.1, -0.05) is 17.7 Å². The summed E-state index contributed by atoms with van der Waals surface area (Å²) in [4.78, 5) is 12.0. The number of aromatic nitrogens is 4. The molecule has 8 nitrogen and oxygen atoms in total. The number of aromatic amines is 1. The Morgan fingerprint density at radius 2 is 2.26 bits per heavy atom. The van der Waals surface area contributed by atoms with Crippen molar-refractivity contribution in [1.29, 1.82) is 5.26 Å². The van der Waals surface area contributed by atoms with Crippen LogP contribution in [-0.4, -0.2) is 37.5 Å². The summed E-state index contributed by atoms with van der Waals surface area (Å²) >= 11 is 6.06. The van der Waals surface area contributed by atoms with Crippen LogP contribution in [0.5, 0.6) is 0 Å². The molecule has 2 aromatic heterocycles. The van der Waals surface area contributed by atoms with E-state index >= 15 is 0 Å². The highest BCUT2D eigenvalue weighted by atomic mass is 35.5. The van der Waals surface area contributed by atoms with Gasteiger partial charge in [-0.15, -0.1) is 0 Å². The van der Waals surface area contributed by atoms with E-state index in [2.05, 4.69) is 20.6 Å². The molecule has 0 aliphatic rings. The monoisotopic (exact) mass is 384 g/mol. The molecule has 138 valence electrons. The number of nitrogens with one attached hydrogen (secondary N) is 2. The first kappa shape index (κ1) is 18.6. The second-order valence-electron chi connectivity index (χ2n) is 5.91. The lowest BCUT2D eigenvalue weighted by molar-refractivity contribution is 0.0947. The van der Waals surface area contributed by atoms with Crippen LogP contribution < -0.4 is 5.32 Å². The van der Waals surface area contributed by atoms with Gasteiger partial charge in [0.05, 0.1) is 34.6 Å². The lowest BCUT2D eigenvalue weighted by atomic mass is 10.1. The minimum atomic E-state index is -0.711. The highest BCUT2D eigenvalue weighted by molar-refractivity contribution is 6.32. The van der Waals surface area contributed by atoms with Gasteiger partial charge < -0.3 is 10.4 Å². The van der Waals surface area contributed by atoms with Crippen LogP contribution in [0, 0.1) is 11.3 Å². The van der Waals surface area contributed by atoms with Gasteiger partial charge in [0.15, 0.2) is 0 Å². The molecule has 9 heteroatoms. The molecule has 1 amide bonds. The van der Waals surface area contributed by atoms with Gasteiger partial charge in [-0.3, -0.25) is 14.6 Å². The molecule has 0 radical (unpaired) electrons. The molecule has 3 aromatic rings. The van der Waals surface area contributed by atoms with Gasteiger partial charge in [0.25, 0.3) is 5.91 Å². The Kier molecular flexibility index (Phi) is 5.54. The minimum absolute atomic E-state index is 0.222. The molecule has 3 rings (SSSR count). The number of carbonyl (C=O) groups excluding carboxylic acids is 1. The van der Waals surface area contributed by atoms with Gasteiger partial charge in [0, 0.05) is 18.3 Å². The van der Waals surface area contributed by atoms with Crippen molar-refractivity contribution in [2.75, 3.05) is 6.54 Å². The Bertz CT molecular complexity index is 1000. The maximum Gasteiger partial charge on any atom is 0.271 e. The third-order valence-electron chi connectivity index (χ3n) is 3.93. The number of benzene rings is 1. The summed E-state index contributed by atoms with van der Waals surface area (Å²) in [5.74, 6) is -0.329. The van der Waals surface area contributed by atoms with E-state index in [0.29, 0.717) is 29.4 Å². The molecular weight excluding hydrogens is 368 g/mol. The number of nitrogens with zero attached hydrogens (tertiary/aromatic N) is 4. The molecule has 1 atom stereocenters. The molecule has 0 aliphatic carbocycles. The quantitative estimate of drug-likeness (QED) is 0.602. The number of aliphatic hydroxyl groups is 1. The van der Waals surface area contributed by atoms with Crippen molar-refractivity contribution in [3.63, 3.8) is 0 Å². The Labute approximate surface area is 160 Å². The average Bonchev–Trinajstić information content (AvgIpc) is 3.31. The number of hydrogen-bond acceptors (Lipinski definition) is 5. The first-order valence-corrected chi connectivity index (χ1v) is 8.61. The number of halogens is 1. The van der Waals surface area contributed by atoms with E-state index in [1.165, 1.54) is 6.07 Å². The van der Waals surface area contributed by atoms with Gasteiger partial charge in [0.2, 0.25) is 0 Å². The number of aliphatic hydroxyl groups excluding tert-OH is 1. The number of amides is 1. The van der Waals surface area contributed by atoms with Gasteiger partial charge in [0.1, 0.15) is 11.8 Å². The van der Waals surface area contributed by atoms with Crippen LogP contribution in [0.25, 0.3) is 11.3 Å². The molecule has 0 unspecified atom stereocenters. The first-order chi connectivity index (χ1) is 13.0. The van der Waals surface area contributed by atoms with Crippen LogP contribution in [0.1, 0.15) is 34.8 Å². The molecule has 0 spiro atoms. The van der Waals surface area contributed by atoms with E-state index in [-0.39, 0.29) is 11.6 Å². The Morgan fingerprint density at radius 3 is 2.93 bits per heavy atom. The first-order valence-electron chi connectivity index (χ1n) is 8.23. The minimum Gasteiger partial charge on any atom is -0.387 e. The van der Waals surface area contributed by atoms with Crippen LogP contribution in [0.15, 0.2) is 36.5 Å². The molecule has 1 aromatic carbocycles. The molecule has 0 saturated heterocycles. The van der Waals surface area contributed by atoms with E-state index in [9.17, 15) is 9.90 Å². The third kappa shape index (κ3) is 4.34. The Hall–Kier alpha value is -3.15. The summed E-state index contributed by atoms with van der Waals surface area (Å²) in [6, 6.07) is 10.5. The van der Waals surface area contributed by atoms with Crippen LogP contribution in [-0.2, 0) is 6.54 Å². The number of hydrogen-bond donors (Lipinski definition) is 3. The molecule has 0 saturated carbocycles. The number of rotatable bonds is 6. The Morgan fingerprint density at radius 1 is 1.44 bits per heavy atom.